The molecule has 1 heterocycles. The minimum atomic E-state index is 0.296. The number of unbranched alkanes of at least 4 members (excludes halogenated alkanes) is 1. The summed E-state index contributed by atoms with van der Waals surface area (Å²) in [6.07, 6.45) is 3.85. The molecule has 0 saturated carbocycles. The molecule has 0 saturated heterocycles. The van der Waals surface area contributed by atoms with E-state index in [2.05, 4.69) is 16.4 Å². The van der Waals surface area contributed by atoms with Gasteiger partial charge >= 0.3 is 0 Å². The summed E-state index contributed by atoms with van der Waals surface area (Å²) < 4.78 is 0. The van der Waals surface area contributed by atoms with Crippen molar-refractivity contribution in [2.24, 2.45) is 0 Å². The normalized spacial score (nSPS) is 10.4. The highest BCUT2D eigenvalue weighted by Gasteiger charge is 1.90. The Hall–Kier alpha value is -0.800. The van der Waals surface area contributed by atoms with Crippen LogP contribution in [0.3, 0.4) is 0 Å². The van der Waals surface area contributed by atoms with Gasteiger partial charge in [0.05, 0.1) is 0 Å². The molecule has 1 aromatic heterocycles. The minimum absolute atomic E-state index is 0.296. The Bertz CT molecular complexity index is 184. The Morgan fingerprint density at radius 3 is 3.00 bits per heavy atom. The first-order chi connectivity index (χ1) is 5.93. The van der Waals surface area contributed by atoms with Gasteiger partial charge in [0.25, 0.3) is 0 Å². The average molecular weight is 168 g/mol. The quantitative estimate of drug-likeness (QED) is 0.552. The van der Waals surface area contributed by atoms with E-state index in [9.17, 15) is 0 Å². The third-order valence-electron chi connectivity index (χ3n) is 1.74. The van der Waals surface area contributed by atoms with Gasteiger partial charge in [-0.05, 0) is 31.5 Å². The fourth-order valence-corrected chi connectivity index (χ4v) is 1.06. The van der Waals surface area contributed by atoms with E-state index in [0.717, 1.165) is 25.9 Å². The second kappa shape index (κ2) is 5.80. The van der Waals surface area contributed by atoms with Gasteiger partial charge in [0.1, 0.15) is 0 Å². The number of aliphatic hydroxyl groups is 1. The summed E-state index contributed by atoms with van der Waals surface area (Å²) in [6.45, 7) is 2.15. The summed E-state index contributed by atoms with van der Waals surface area (Å²) >= 11 is 0. The van der Waals surface area contributed by atoms with Crippen LogP contribution in [0.5, 0.6) is 0 Å². The Kier molecular flexibility index (Phi) is 4.49. The summed E-state index contributed by atoms with van der Waals surface area (Å²) in [5, 5.41) is 11.8. The van der Waals surface area contributed by atoms with E-state index in [-0.39, 0.29) is 0 Å². The molecule has 12 heavy (non-hydrogen) atoms. The minimum Gasteiger partial charge on any atom is -0.396 e. The van der Waals surface area contributed by atoms with E-state index < -0.39 is 0 Å². The summed E-state index contributed by atoms with van der Waals surface area (Å²) in [5.74, 6) is 0. The van der Waals surface area contributed by atoms with Crippen LogP contribution in [-0.2, 0) is 6.54 Å². The molecule has 1 rings (SSSR count). The zero-order valence-corrected chi connectivity index (χ0v) is 7.21. The third-order valence-corrected chi connectivity index (χ3v) is 1.74. The van der Waals surface area contributed by atoms with Crippen molar-refractivity contribution >= 4 is 0 Å². The van der Waals surface area contributed by atoms with Crippen LogP contribution in [-0.4, -0.2) is 23.2 Å². The lowest BCUT2D eigenvalue weighted by atomic mass is 10.3. The number of aromatic nitrogens is 1. The van der Waals surface area contributed by atoms with Gasteiger partial charge in [-0.2, -0.15) is 0 Å². The van der Waals surface area contributed by atoms with Gasteiger partial charge in [-0.15, -0.1) is 0 Å². The van der Waals surface area contributed by atoms with Gasteiger partial charge in [-0.25, -0.2) is 0 Å². The second-order valence-electron chi connectivity index (χ2n) is 2.80. The number of hydrogen-bond donors (Lipinski definition) is 3. The maximum absolute atomic E-state index is 8.52. The van der Waals surface area contributed by atoms with Gasteiger partial charge in [-0.1, -0.05) is 0 Å². The van der Waals surface area contributed by atoms with Gasteiger partial charge in [0.2, 0.25) is 0 Å². The largest absolute Gasteiger partial charge is 0.396 e. The molecular weight excluding hydrogens is 152 g/mol. The van der Waals surface area contributed by atoms with E-state index >= 15 is 0 Å². The van der Waals surface area contributed by atoms with Gasteiger partial charge in [0.15, 0.2) is 0 Å². The predicted molar refractivity (Wildman–Crippen MR) is 48.8 cm³/mol. The highest BCUT2D eigenvalue weighted by Crippen LogP contribution is 1.93. The summed E-state index contributed by atoms with van der Waals surface area (Å²) in [4.78, 5) is 3.12. The van der Waals surface area contributed by atoms with Crippen molar-refractivity contribution in [3.63, 3.8) is 0 Å². The number of hydrogen-bond acceptors (Lipinski definition) is 2. The molecule has 0 amide bonds. The highest BCUT2D eigenvalue weighted by molar-refractivity contribution is 5.02. The second-order valence-corrected chi connectivity index (χ2v) is 2.80. The van der Waals surface area contributed by atoms with Gasteiger partial charge < -0.3 is 15.4 Å². The van der Waals surface area contributed by atoms with Crippen molar-refractivity contribution in [2.75, 3.05) is 13.2 Å². The van der Waals surface area contributed by atoms with Crippen molar-refractivity contribution < 1.29 is 5.11 Å². The Morgan fingerprint density at radius 1 is 1.42 bits per heavy atom. The molecule has 0 unspecified atom stereocenters. The summed E-state index contributed by atoms with van der Waals surface area (Å²) in [7, 11) is 0. The Labute approximate surface area is 72.8 Å². The number of aliphatic hydroxyl groups excluding tert-OH is 1. The van der Waals surface area contributed by atoms with E-state index in [1.165, 1.54) is 5.69 Å². The van der Waals surface area contributed by atoms with E-state index in [1.54, 1.807) is 0 Å². The molecule has 0 aliphatic rings. The molecule has 0 aliphatic carbocycles. The molecule has 0 bridgehead atoms. The fraction of sp³-hybridized carbons (Fsp3) is 0.556. The lowest BCUT2D eigenvalue weighted by Crippen LogP contribution is -2.15. The molecule has 0 aromatic carbocycles. The molecule has 0 radical (unpaired) electrons. The van der Waals surface area contributed by atoms with Crippen LogP contribution in [0.4, 0.5) is 0 Å². The monoisotopic (exact) mass is 168 g/mol. The van der Waals surface area contributed by atoms with Crippen LogP contribution in [0.2, 0.25) is 0 Å². The molecule has 3 heteroatoms. The molecular formula is C9H16N2O. The molecule has 1 aromatic rings. The van der Waals surface area contributed by atoms with Gasteiger partial charge in [0, 0.05) is 25.0 Å². The zero-order chi connectivity index (χ0) is 8.65. The number of rotatable bonds is 6. The SMILES string of the molecule is OCCCCNCc1ccc[nH]1. The van der Waals surface area contributed by atoms with E-state index in [0.29, 0.717) is 6.61 Å². The molecule has 0 atom stereocenters. The molecule has 0 aliphatic heterocycles. The maximum Gasteiger partial charge on any atom is 0.0431 e. The summed E-state index contributed by atoms with van der Waals surface area (Å²) in [6, 6.07) is 4.05. The van der Waals surface area contributed by atoms with Crippen LogP contribution in [0.1, 0.15) is 18.5 Å². The van der Waals surface area contributed by atoms with Crippen LogP contribution < -0.4 is 5.32 Å². The first-order valence-electron chi connectivity index (χ1n) is 4.37. The van der Waals surface area contributed by atoms with Crippen molar-refractivity contribution in [3.8, 4) is 0 Å². The number of nitrogens with one attached hydrogen (secondary N) is 2. The molecule has 3 N–H and O–H groups in total. The average Bonchev–Trinajstić information content (AvgIpc) is 2.57. The van der Waals surface area contributed by atoms with Crippen LogP contribution in [0, 0.1) is 0 Å². The topological polar surface area (TPSA) is 48.0 Å². The van der Waals surface area contributed by atoms with Crippen molar-refractivity contribution in [1.29, 1.82) is 0 Å². The van der Waals surface area contributed by atoms with E-state index in [4.69, 9.17) is 5.11 Å². The molecule has 0 fully saturated rings. The predicted octanol–water partition coefficient (Wildman–Crippen LogP) is 0.877. The van der Waals surface area contributed by atoms with Crippen LogP contribution >= 0.6 is 0 Å². The smallest absolute Gasteiger partial charge is 0.0431 e. The standard InChI is InChI=1S/C9H16N2O/c12-7-2-1-5-10-8-9-4-3-6-11-9/h3-4,6,10-12H,1-2,5,7-8H2. The van der Waals surface area contributed by atoms with E-state index in [1.807, 2.05) is 12.3 Å². The first-order valence-corrected chi connectivity index (χ1v) is 4.37. The highest BCUT2D eigenvalue weighted by atomic mass is 16.2. The number of H-pyrrole nitrogens is 1. The lowest BCUT2D eigenvalue weighted by Gasteiger charge is -2.01. The lowest BCUT2D eigenvalue weighted by molar-refractivity contribution is 0.283. The van der Waals surface area contributed by atoms with Crippen LogP contribution in [0.15, 0.2) is 18.3 Å². The van der Waals surface area contributed by atoms with Gasteiger partial charge in [-0.3, -0.25) is 0 Å². The summed E-state index contributed by atoms with van der Waals surface area (Å²) in [5.41, 5.74) is 1.21. The number of aromatic amines is 1. The fourth-order valence-electron chi connectivity index (χ4n) is 1.06. The molecule has 3 nitrogen and oxygen atoms in total. The maximum atomic E-state index is 8.52. The van der Waals surface area contributed by atoms with Crippen molar-refractivity contribution in [1.82, 2.24) is 10.3 Å². The first kappa shape index (κ1) is 9.29. The third kappa shape index (κ3) is 3.55. The van der Waals surface area contributed by atoms with Crippen molar-refractivity contribution in [3.05, 3.63) is 24.0 Å². The Balaban J connectivity index is 1.96. The molecule has 0 spiro atoms. The van der Waals surface area contributed by atoms with Crippen molar-refractivity contribution in [2.45, 2.75) is 19.4 Å². The zero-order valence-electron chi connectivity index (χ0n) is 7.21. The Morgan fingerprint density at radius 2 is 2.33 bits per heavy atom. The molecule has 68 valence electrons. The van der Waals surface area contributed by atoms with Crippen LogP contribution in [0.25, 0.3) is 0 Å².